The Labute approximate surface area is 103 Å². The summed E-state index contributed by atoms with van der Waals surface area (Å²) in [5.74, 6) is 0. The summed E-state index contributed by atoms with van der Waals surface area (Å²) < 4.78 is 1.06. The highest BCUT2D eigenvalue weighted by atomic mass is 79.9. The average molecular weight is 288 g/mol. The summed E-state index contributed by atoms with van der Waals surface area (Å²) in [4.78, 5) is 14.7. The first kappa shape index (κ1) is 13.0. The molecular weight excluding hydrogens is 274 g/mol. The number of rotatable bonds is 3. The quantitative estimate of drug-likeness (QED) is 0.632. The molecule has 1 aromatic carbocycles. The lowest BCUT2D eigenvalue weighted by molar-refractivity contribution is -0.763. The highest BCUT2D eigenvalue weighted by Gasteiger charge is 2.13. The first-order valence-corrected chi connectivity index (χ1v) is 5.67. The fourth-order valence-electron chi connectivity index (χ4n) is 1.68. The molecule has 0 amide bonds. The summed E-state index contributed by atoms with van der Waals surface area (Å²) in [6.07, 6.45) is 0. The lowest BCUT2D eigenvalue weighted by atomic mass is 9.95. The zero-order chi connectivity index (χ0) is 12.5. The van der Waals surface area contributed by atoms with E-state index in [-0.39, 0.29) is 6.61 Å². The number of hydrogen-bond acceptors (Lipinski definition) is 3. The minimum Gasteiger partial charge on any atom is -0.309 e. The summed E-state index contributed by atoms with van der Waals surface area (Å²) in [5.41, 5.74) is 5.18. The highest BCUT2D eigenvalue weighted by Crippen LogP contribution is 2.30. The van der Waals surface area contributed by atoms with Gasteiger partial charge in [-0.3, -0.25) is 0 Å². The van der Waals surface area contributed by atoms with E-state index in [9.17, 15) is 10.1 Å². The molecule has 5 heteroatoms. The molecule has 0 aliphatic heterocycles. The molecule has 0 spiro atoms. The van der Waals surface area contributed by atoms with Crippen LogP contribution in [0.25, 0.3) is 0 Å². The van der Waals surface area contributed by atoms with Crippen LogP contribution in [0.4, 0.5) is 0 Å². The maximum absolute atomic E-state index is 10.2. The standard InChI is InChI=1S/C11H14BrNO3/c1-6-8(3)11(12)9(4)7(2)10(6)5-16-13(14)15/h5H2,1-4H3. The van der Waals surface area contributed by atoms with E-state index in [1.165, 1.54) is 0 Å². The summed E-state index contributed by atoms with van der Waals surface area (Å²) in [7, 11) is 0. The van der Waals surface area contributed by atoms with Crippen molar-refractivity contribution in [1.82, 2.24) is 0 Å². The zero-order valence-corrected chi connectivity index (χ0v) is 11.3. The molecule has 0 heterocycles. The Morgan fingerprint density at radius 1 is 1.12 bits per heavy atom. The molecule has 1 aromatic rings. The van der Waals surface area contributed by atoms with Gasteiger partial charge in [0.25, 0.3) is 5.09 Å². The Hall–Kier alpha value is -1.10. The van der Waals surface area contributed by atoms with E-state index in [2.05, 4.69) is 20.8 Å². The fraction of sp³-hybridized carbons (Fsp3) is 0.455. The molecule has 0 aromatic heterocycles. The molecule has 1 rings (SSSR count). The summed E-state index contributed by atoms with van der Waals surface area (Å²) in [6, 6.07) is 0. The Morgan fingerprint density at radius 2 is 1.56 bits per heavy atom. The van der Waals surface area contributed by atoms with E-state index in [1.54, 1.807) is 0 Å². The molecular formula is C11H14BrNO3. The average Bonchev–Trinajstić information content (AvgIpc) is 2.23. The second kappa shape index (κ2) is 4.82. The monoisotopic (exact) mass is 287 g/mol. The van der Waals surface area contributed by atoms with E-state index < -0.39 is 5.09 Å². The SMILES string of the molecule is Cc1c(C)c(CO[N+](=O)[O-])c(C)c(C)c1Br. The molecule has 0 bridgehead atoms. The zero-order valence-electron chi connectivity index (χ0n) is 9.76. The van der Waals surface area contributed by atoms with Gasteiger partial charge in [0.05, 0.1) is 0 Å². The number of halogens is 1. The maximum atomic E-state index is 10.2. The molecule has 0 aliphatic rings. The Bertz CT molecular complexity index is 414. The first-order chi connectivity index (χ1) is 7.36. The van der Waals surface area contributed by atoms with E-state index in [4.69, 9.17) is 0 Å². The molecule has 0 unspecified atom stereocenters. The van der Waals surface area contributed by atoms with E-state index in [0.717, 1.165) is 32.3 Å². The minimum absolute atomic E-state index is 0.0135. The van der Waals surface area contributed by atoms with Crippen LogP contribution in [0, 0.1) is 37.8 Å². The highest BCUT2D eigenvalue weighted by molar-refractivity contribution is 9.10. The van der Waals surface area contributed by atoms with Crippen LogP contribution in [0.5, 0.6) is 0 Å². The maximum Gasteiger partial charge on any atom is 0.294 e. The van der Waals surface area contributed by atoms with Gasteiger partial charge in [0, 0.05) is 4.47 Å². The van der Waals surface area contributed by atoms with Gasteiger partial charge in [0.2, 0.25) is 0 Å². The third-order valence-corrected chi connectivity index (χ3v) is 4.19. The van der Waals surface area contributed by atoms with Crippen LogP contribution >= 0.6 is 15.9 Å². The minimum atomic E-state index is -0.758. The van der Waals surface area contributed by atoms with Crippen LogP contribution in [0.3, 0.4) is 0 Å². The molecule has 4 nitrogen and oxygen atoms in total. The van der Waals surface area contributed by atoms with Crippen molar-refractivity contribution in [2.45, 2.75) is 34.3 Å². The summed E-state index contributed by atoms with van der Waals surface area (Å²) in [5, 5.41) is 9.45. The molecule has 16 heavy (non-hydrogen) atoms. The molecule has 0 radical (unpaired) electrons. The van der Waals surface area contributed by atoms with Gasteiger partial charge in [0.1, 0.15) is 6.61 Å². The van der Waals surface area contributed by atoms with Crippen LogP contribution in [0.1, 0.15) is 27.8 Å². The van der Waals surface area contributed by atoms with E-state index in [0.29, 0.717) is 0 Å². The summed E-state index contributed by atoms with van der Waals surface area (Å²) >= 11 is 3.52. The molecule has 0 N–H and O–H groups in total. The summed E-state index contributed by atoms with van der Waals surface area (Å²) in [6.45, 7) is 7.89. The number of benzene rings is 1. The van der Waals surface area contributed by atoms with Gasteiger partial charge in [-0.1, -0.05) is 15.9 Å². The molecule has 0 saturated heterocycles. The van der Waals surface area contributed by atoms with E-state index in [1.807, 2.05) is 27.7 Å². The number of hydrogen-bond donors (Lipinski definition) is 0. The van der Waals surface area contributed by atoms with Gasteiger partial charge in [-0.25, -0.2) is 0 Å². The third kappa shape index (κ3) is 2.35. The second-order valence-electron chi connectivity index (χ2n) is 3.79. The van der Waals surface area contributed by atoms with Crippen molar-refractivity contribution in [3.8, 4) is 0 Å². The molecule has 0 fully saturated rings. The molecule has 0 aliphatic carbocycles. The van der Waals surface area contributed by atoms with Gasteiger partial charge in [-0.05, 0) is 55.5 Å². The molecule has 88 valence electrons. The van der Waals surface area contributed by atoms with Crippen LogP contribution < -0.4 is 0 Å². The molecule has 0 saturated carbocycles. The van der Waals surface area contributed by atoms with Crippen LogP contribution in [-0.4, -0.2) is 5.09 Å². The Kier molecular flexibility index (Phi) is 3.91. The first-order valence-electron chi connectivity index (χ1n) is 4.88. The third-order valence-electron chi connectivity index (χ3n) is 3.00. The van der Waals surface area contributed by atoms with Crippen molar-refractivity contribution in [2.75, 3.05) is 0 Å². The number of nitrogens with zero attached hydrogens (tertiary/aromatic N) is 1. The molecule has 0 atom stereocenters. The van der Waals surface area contributed by atoms with Crippen molar-refractivity contribution in [2.24, 2.45) is 0 Å². The predicted molar refractivity (Wildman–Crippen MR) is 64.9 cm³/mol. The van der Waals surface area contributed by atoms with Crippen molar-refractivity contribution in [1.29, 1.82) is 0 Å². The largest absolute Gasteiger partial charge is 0.309 e. The van der Waals surface area contributed by atoms with Gasteiger partial charge in [-0.2, -0.15) is 0 Å². The lowest BCUT2D eigenvalue weighted by Crippen LogP contribution is -2.06. The van der Waals surface area contributed by atoms with E-state index >= 15 is 0 Å². The second-order valence-corrected chi connectivity index (χ2v) is 4.58. The van der Waals surface area contributed by atoms with Gasteiger partial charge >= 0.3 is 0 Å². The van der Waals surface area contributed by atoms with Crippen LogP contribution in [-0.2, 0) is 11.4 Å². The van der Waals surface area contributed by atoms with Gasteiger partial charge in [0.15, 0.2) is 0 Å². The fourth-order valence-corrected chi connectivity index (χ4v) is 2.27. The van der Waals surface area contributed by atoms with Crippen molar-refractivity contribution in [3.63, 3.8) is 0 Å². The van der Waals surface area contributed by atoms with Gasteiger partial charge < -0.3 is 4.84 Å². The van der Waals surface area contributed by atoms with Crippen LogP contribution in [0.15, 0.2) is 4.47 Å². The Morgan fingerprint density at radius 3 is 1.94 bits per heavy atom. The van der Waals surface area contributed by atoms with Crippen molar-refractivity contribution < 1.29 is 9.92 Å². The van der Waals surface area contributed by atoms with Crippen LogP contribution in [0.2, 0.25) is 0 Å². The Balaban J connectivity index is 3.23. The normalized spacial score (nSPS) is 10.3. The lowest BCUT2D eigenvalue weighted by Gasteiger charge is -2.16. The predicted octanol–water partition coefficient (Wildman–Crippen LogP) is 3.39. The topological polar surface area (TPSA) is 52.4 Å². The smallest absolute Gasteiger partial charge is 0.294 e. The van der Waals surface area contributed by atoms with Crippen molar-refractivity contribution >= 4 is 15.9 Å². The van der Waals surface area contributed by atoms with Gasteiger partial charge in [-0.15, -0.1) is 10.1 Å². The van der Waals surface area contributed by atoms with Crippen molar-refractivity contribution in [3.05, 3.63) is 42.4 Å².